The summed E-state index contributed by atoms with van der Waals surface area (Å²) < 4.78 is 45.6. The van der Waals surface area contributed by atoms with Crippen molar-refractivity contribution in [1.82, 2.24) is 0 Å². The highest BCUT2D eigenvalue weighted by Crippen LogP contribution is 2.38. The zero-order valence-corrected chi connectivity index (χ0v) is 41.3. The van der Waals surface area contributed by atoms with Gasteiger partial charge in [-0.25, -0.2) is 0 Å². The number of esters is 2. The fraction of sp³-hybridized carbons (Fsp3) is 0.731. The summed E-state index contributed by atoms with van der Waals surface area (Å²) in [7, 11) is 1.14. The Hall–Kier alpha value is -2.95. The van der Waals surface area contributed by atoms with Crippen LogP contribution in [0.15, 0.2) is 60.7 Å². The van der Waals surface area contributed by atoms with E-state index in [9.17, 15) is 19.0 Å². The maximum atomic E-state index is 12.8. The number of likely N-dealkylation sites (N-methyl/N-ethyl adjacent to an activating group) is 1. The van der Waals surface area contributed by atoms with Gasteiger partial charge in [0, 0.05) is 12.8 Å². The Bertz CT molecular complexity index is 1440. The smallest absolute Gasteiger partial charge is 0.306 e. The molecule has 0 spiro atoms. The third-order valence-electron chi connectivity index (χ3n) is 11.2. The van der Waals surface area contributed by atoms with Crippen molar-refractivity contribution in [2.24, 2.45) is 0 Å². The van der Waals surface area contributed by atoms with Crippen LogP contribution in [-0.2, 0) is 32.7 Å². The summed E-state index contributed by atoms with van der Waals surface area (Å²) in [4.78, 5) is 37.8. The third kappa shape index (κ3) is 36.3. The van der Waals surface area contributed by atoms with E-state index in [-0.39, 0.29) is 26.1 Å². The Morgan fingerprint density at radius 2 is 0.844 bits per heavy atom. The Balaban J connectivity index is 1.49. The quantitative estimate of drug-likeness (QED) is 0.0274. The number of quaternary nitrogens is 1. The first-order valence-corrected chi connectivity index (χ1v) is 26.6. The molecule has 2 aromatic rings. The Morgan fingerprint density at radius 3 is 1.23 bits per heavy atom. The van der Waals surface area contributed by atoms with Crippen molar-refractivity contribution in [3.05, 3.63) is 60.7 Å². The first-order chi connectivity index (χ1) is 31.0. The van der Waals surface area contributed by atoms with Crippen molar-refractivity contribution in [3.63, 3.8) is 0 Å². The van der Waals surface area contributed by atoms with Gasteiger partial charge in [0.1, 0.15) is 31.3 Å². The summed E-state index contributed by atoms with van der Waals surface area (Å²) in [6.45, 7) is 1.26. The van der Waals surface area contributed by atoms with Gasteiger partial charge in [-0.2, -0.15) is 0 Å². The number of rotatable bonds is 44. The van der Waals surface area contributed by atoms with Gasteiger partial charge in [-0.05, 0) is 49.9 Å². The van der Waals surface area contributed by atoms with E-state index >= 15 is 0 Å². The summed E-state index contributed by atoms with van der Waals surface area (Å²) >= 11 is 0. The lowest BCUT2D eigenvalue weighted by Crippen LogP contribution is -2.37. The van der Waals surface area contributed by atoms with Gasteiger partial charge in [0.2, 0.25) is 0 Å². The van der Waals surface area contributed by atoms with Gasteiger partial charge in [-0.3, -0.25) is 14.2 Å². The molecule has 0 N–H and O–H groups in total. The van der Waals surface area contributed by atoms with Crippen molar-refractivity contribution < 1.29 is 51.5 Å². The first kappa shape index (κ1) is 57.2. The molecule has 2 aromatic carbocycles. The molecule has 2 rings (SSSR count). The lowest BCUT2D eigenvalue weighted by molar-refractivity contribution is -0.870. The number of unbranched alkanes of at least 4 members (excludes halogenated alkanes) is 24. The van der Waals surface area contributed by atoms with Crippen molar-refractivity contribution in [1.29, 1.82) is 0 Å². The highest BCUT2D eigenvalue weighted by Gasteiger charge is 2.22. The van der Waals surface area contributed by atoms with Crippen LogP contribution in [-0.4, -0.2) is 83.2 Å². The Labute approximate surface area is 388 Å². The molecule has 0 saturated carbocycles. The van der Waals surface area contributed by atoms with Crippen molar-refractivity contribution in [2.75, 3.05) is 60.7 Å². The van der Waals surface area contributed by atoms with Crippen LogP contribution in [0.5, 0.6) is 11.5 Å². The topological polar surface area (TPSA) is 130 Å². The molecule has 2 unspecified atom stereocenters. The van der Waals surface area contributed by atoms with Crippen LogP contribution in [0, 0.1) is 0 Å². The van der Waals surface area contributed by atoms with Gasteiger partial charge in [0.15, 0.2) is 6.10 Å². The fourth-order valence-electron chi connectivity index (χ4n) is 7.30. The van der Waals surface area contributed by atoms with Crippen molar-refractivity contribution >= 4 is 19.8 Å². The van der Waals surface area contributed by atoms with Gasteiger partial charge < -0.3 is 37.4 Å². The van der Waals surface area contributed by atoms with E-state index in [2.05, 4.69) is 0 Å². The number of ether oxygens (including phenoxy) is 4. The second-order valence-electron chi connectivity index (χ2n) is 18.4. The minimum atomic E-state index is -4.64. The van der Waals surface area contributed by atoms with E-state index in [1.165, 1.54) is 103 Å². The fourth-order valence-corrected chi connectivity index (χ4v) is 8.03. The van der Waals surface area contributed by atoms with Crippen LogP contribution in [0.3, 0.4) is 0 Å². The molecule has 0 heterocycles. The molecular weight excluding hydrogens is 830 g/mol. The van der Waals surface area contributed by atoms with E-state index < -0.39 is 32.5 Å². The highest BCUT2D eigenvalue weighted by molar-refractivity contribution is 7.45. The number of benzene rings is 2. The molecule has 2 atom stereocenters. The average Bonchev–Trinajstić information content (AvgIpc) is 3.27. The maximum Gasteiger partial charge on any atom is 0.306 e. The largest absolute Gasteiger partial charge is 0.756 e. The monoisotopic (exact) mass is 918 g/mol. The molecule has 0 aliphatic carbocycles. The average molecular weight is 918 g/mol. The van der Waals surface area contributed by atoms with Crippen LogP contribution >= 0.6 is 7.82 Å². The molecule has 0 aromatic heterocycles. The van der Waals surface area contributed by atoms with Gasteiger partial charge in [-0.15, -0.1) is 0 Å². The number of hydrogen-bond donors (Lipinski definition) is 0. The van der Waals surface area contributed by atoms with Gasteiger partial charge in [0.05, 0.1) is 41.0 Å². The predicted molar refractivity (Wildman–Crippen MR) is 256 cm³/mol. The molecule has 0 saturated heterocycles. The number of para-hydroxylation sites is 2. The van der Waals surface area contributed by atoms with Crippen LogP contribution in [0.25, 0.3) is 0 Å². The van der Waals surface area contributed by atoms with Gasteiger partial charge in [-0.1, -0.05) is 178 Å². The number of carbonyl (C=O) groups excluding carboxylic acids is 2. The van der Waals surface area contributed by atoms with Crippen LogP contribution < -0.4 is 14.4 Å². The van der Waals surface area contributed by atoms with E-state index in [4.69, 9.17) is 28.0 Å². The number of nitrogens with zero attached hydrogens (tertiary/aromatic N) is 1. The van der Waals surface area contributed by atoms with Crippen molar-refractivity contribution in [3.8, 4) is 11.5 Å². The van der Waals surface area contributed by atoms with Crippen LogP contribution in [0.2, 0.25) is 0 Å². The number of phosphoric acid groups is 1. The minimum Gasteiger partial charge on any atom is -0.756 e. The number of carbonyl (C=O) groups is 2. The van der Waals surface area contributed by atoms with E-state index in [1.54, 1.807) is 0 Å². The molecule has 0 amide bonds. The normalized spacial score (nSPS) is 13.0. The predicted octanol–water partition coefficient (Wildman–Crippen LogP) is 12.7. The molecule has 64 heavy (non-hydrogen) atoms. The lowest BCUT2D eigenvalue weighted by Gasteiger charge is -2.28. The second kappa shape index (κ2) is 38.2. The van der Waals surface area contributed by atoms with E-state index in [1.807, 2.05) is 81.8 Å². The number of phosphoric ester groups is 1. The van der Waals surface area contributed by atoms with Crippen LogP contribution in [0.1, 0.15) is 180 Å². The number of hydrogen-bond acceptors (Lipinski definition) is 10. The molecule has 0 bridgehead atoms. The lowest BCUT2D eigenvalue weighted by atomic mass is 10.0. The molecule has 0 fully saturated rings. The highest BCUT2D eigenvalue weighted by atomic mass is 31.2. The molecular formula is C52H88NO10P. The second-order valence-corrected chi connectivity index (χ2v) is 19.8. The standard InChI is InChI=1S/C52H88NO10P/c1-53(2,3)42-45-61-64(56,57)62-47-50(63-52(55)41-33-23-19-15-11-7-5-9-13-17-21-25-35-44-59-49-38-30-27-31-39-49)46-60-51(54)40-32-22-18-14-10-6-4-8-12-16-20-24-34-43-58-48-36-28-26-29-37-48/h26-31,36-39,50H,4-25,32-35,40-47H2,1-3H3. The molecule has 0 aliphatic rings. The maximum absolute atomic E-state index is 12.8. The van der Waals surface area contributed by atoms with Crippen LogP contribution in [0.4, 0.5) is 0 Å². The summed E-state index contributed by atoms with van der Waals surface area (Å²) in [5.74, 6) is 1.05. The molecule has 0 aliphatic heterocycles. The molecule has 366 valence electrons. The minimum absolute atomic E-state index is 0.0380. The summed E-state index contributed by atoms with van der Waals surface area (Å²) in [5.41, 5.74) is 0. The van der Waals surface area contributed by atoms with Crippen molar-refractivity contribution in [2.45, 2.75) is 186 Å². The molecule has 0 radical (unpaired) electrons. The van der Waals surface area contributed by atoms with Gasteiger partial charge >= 0.3 is 11.9 Å². The Morgan fingerprint density at radius 1 is 0.484 bits per heavy atom. The zero-order valence-electron chi connectivity index (χ0n) is 40.4. The first-order valence-electron chi connectivity index (χ1n) is 25.1. The zero-order chi connectivity index (χ0) is 46.2. The summed E-state index contributed by atoms with van der Waals surface area (Å²) in [5, 5.41) is 0. The third-order valence-corrected chi connectivity index (χ3v) is 12.2. The SMILES string of the molecule is C[N+](C)(C)CCOP(=O)([O-])OCC(COC(=O)CCCCCCCCCCCCCCCOc1ccccc1)OC(=O)CCCCCCCCCCCCCCCOc1ccccc1. The Kier molecular flexibility index (Phi) is 34.1. The summed E-state index contributed by atoms with van der Waals surface area (Å²) in [6, 6.07) is 20.0. The summed E-state index contributed by atoms with van der Waals surface area (Å²) in [6.07, 6.45) is 29.5. The molecule has 12 heteroatoms. The molecule has 11 nitrogen and oxygen atoms in total. The van der Waals surface area contributed by atoms with Gasteiger partial charge in [0.25, 0.3) is 7.82 Å². The van der Waals surface area contributed by atoms with E-state index in [0.717, 1.165) is 82.5 Å². The van der Waals surface area contributed by atoms with E-state index in [0.29, 0.717) is 17.4 Å².